The Bertz CT molecular complexity index is 453. The second kappa shape index (κ2) is 5.63. The minimum atomic E-state index is -1.33. The normalized spacial score (nSPS) is 14.0. The van der Waals surface area contributed by atoms with Gasteiger partial charge in [-0.05, 0) is 13.3 Å². The molecular weight excluding hydrogens is 238 g/mol. The van der Waals surface area contributed by atoms with Gasteiger partial charge in [-0.25, -0.2) is 4.79 Å². The van der Waals surface area contributed by atoms with Gasteiger partial charge in [0.25, 0.3) is 5.91 Å². The first kappa shape index (κ1) is 14.2. The summed E-state index contributed by atoms with van der Waals surface area (Å²) in [5.41, 5.74) is 0.914. The highest BCUT2D eigenvalue weighted by Gasteiger charge is 2.26. The van der Waals surface area contributed by atoms with Crippen molar-refractivity contribution < 1.29 is 19.8 Å². The second-order valence-corrected chi connectivity index (χ2v) is 4.05. The fraction of sp³-hybridized carbons (Fsp3) is 0.545. The number of hydrogen-bond donors (Lipinski definition) is 3. The molecule has 0 aliphatic carbocycles. The summed E-state index contributed by atoms with van der Waals surface area (Å²) in [7, 11) is 1.68. The number of nitrogens with one attached hydrogen (secondary N) is 1. The predicted molar refractivity (Wildman–Crippen MR) is 63.2 cm³/mol. The van der Waals surface area contributed by atoms with Crippen LogP contribution >= 0.6 is 0 Å². The van der Waals surface area contributed by atoms with E-state index in [4.69, 9.17) is 5.11 Å². The minimum absolute atomic E-state index is 0.326. The van der Waals surface area contributed by atoms with E-state index in [0.717, 1.165) is 0 Å². The van der Waals surface area contributed by atoms with E-state index >= 15 is 0 Å². The van der Waals surface area contributed by atoms with Gasteiger partial charge in [-0.15, -0.1) is 0 Å². The molecule has 2 atom stereocenters. The number of hydrogen-bond acceptors (Lipinski definition) is 4. The fourth-order valence-electron chi connectivity index (χ4n) is 1.59. The Morgan fingerprint density at radius 2 is 2.17 bits per heavy atom. The lowest BCUT2D eigenvalue weighted by molar-refractivity contribution is -0.141. The molecule has 0 spiro atoms. The molecule has 1 aromatic heterocycles. The molecule has 1 amide bonds. The highest BCUT2D eigenvalue weighted by molar-refractivity contribution is 5.97. The molecular formula is C11H17N3O4. The summed E-state index contributed by atoms with van der Waals surface area (Å²) < 4.78 is 1.49. The average molecular weight is 255 g/mol. The topological polar surface area (TPSA) is 104 Å². The molecule has 0 fully saturated rings. The Balaban J connectivity index is 2.90. The van der Waals surface area contributed by atoms with Crippen LogP contribution in [0.1, 0.15) is 29.9 Å². The summed E-state index contributed by atoms with van der Waals surface area (Å²) in [5, 5.41) is 24.5. The van der Waals surface area contributed by atoms with Crippen molar-refractivity contribution in [3.63, 3.8) is 0 Å². The Kier molecular flexibility index (Phi) is 4.43. The van der Waals surface area contributed by atoms with E-state index in [0.29, 0.717) is 17.7 Å². The lowest BCUT2D eigenvalue weighted by atomic mass is 10.1. The Hall–Kier alpha value is -1.89. The van der Waals surface area contributed by atoms with Crippen molar-refractivity contribution in [3.8, 4) is 0 Å². The quantitative estimate of drug-likeness (QED) is 0.660. The van der Waals surface area contributed by atoms with Gasteiger partial charge < -0.3 is 15.5 Å². The lowest BCUT2D eigenvalue weighted by Crippen LogP contribution is -2.47. The first-order valence-corrected chi connectivity index (χ1v) is 5.61. The maximum absolute atomic E-state index is 11.9. The van der Waals surface area contributed by atoms with Crippen LogP contribution in [0.15, 0.2) is 6.20 Å². The maximum atomic E-state index is 11.9. The van der Waals surface area contributed by atoms with Crippen LogP contribution in [-0.4, -0.2) is 44.0 Å². The number of aryl methyl sites for hydroxylation is 2. The molecule has 18 heavy (non-hydrogen) atoms. The highest BCUT2D eigenvalue weighted by Crippen LogP contribution is 2.08. The molecule has 1 aromatic rings. The van der Waals surface area contributed by atoms with E-state index < -0.39 is 24.0 Å². The van der Waals surface area contributed by atoms with Crippen LogP contribution in [0.25, 0.3) is 0 Å². The van der Waals surface area contributed by atoms with Gasteiger partial charge in [0.2, 0.25) is 0 Å². The molecule has 0 unspecified atom stereocenters. The van der Waals surface area contributed by atoms with Crippen molar-refractivity contribution in [3.05, 3.63) is 17.5 Å². The Labute approximate surface area is 104 Å². The third-order valence-corrected chi connectivity index (χ3v) is 2.52. The molecule has 1 heterocycles. The Morgan fingerprint density at radius 1 is 1.56 bits per heavy atom. The van der Waals surface area contributed by atoms with Gasteiger partial charge in [-0.1, -0.05) is 6.92 Å². The summed E-state index contributed by atoms with van der Waals surface area (Å²) in [5.74, 6) is -1.83. The summed E-state index contributed by atoms with van der Waals surface area (Å²) in [6.07, 6.45) is 0.915. The van der Waals surface area contributed by atoms with Gasteiger partial charge in [-0.2, -0.15) is 5.10 Å². The van der Waals surface area contributed by atoms with Crippen LogP contribution in [0.4, 0.5) is 0 Å². The summed E-state index contributed by atoms with van der Waals surface area (Å²) in [6.45, 7) is 3.16. The van der Waals surface area contributed by atoms with Crippen LogP contribution in [0.2, 0.25) is 0 Å². The van der Waals surface area contributed by atoms with Crippen LogP contribution < -0.4 is 5.32 Å². The number of nitrogens with zero attached hydrogens (tertiary/aromatic N) is 2. The molecule has 0 saturated heterocycles. The molecule has 0 aromatic carbocycles. The molecule has 0 bridgehead atoms. The number of carbonyl (C=O) groups excluding carboxylic acids is 1. The molecule has 7 heteroatoms. The SMILES string of the molecule is CCc1nn(C)cc1C(=O)N[C@H](C(=O)O)[C@@H](C)O. The monoisotopic (exact) mass is 255 g/mol. The van der Waals surface area contributed by atoms with E-state index in [1.165, 1.54) is 17.8 Å². The zero-order valence-electron chi connectivity index (χ0n) is 10.5. The van der Waals surface area contributed by atoms with E-state index in [1.54, 1.807) is 7.05 Å². The zero-order valence-corrected chi connectivity index (χ0v) is 10.5. The molecule has 3 N–H and O–H groups in total. The lowest BCUT2D eigenvalue weighted by Gasteiger charge is -2.16. The summed E-state index contributed by atoms with van der Waals surface area (Å²) >= 11 is 0. The van der Waals surface area contributed by atoms with Gasteiger partial charge >= 0.3 is 5.97 Å². The average Bonchev–Trinajstić information content (AvgIpc) is 2.66. The molecule has 0 radical (unpaired) electrons. The molecule has 1 rings (SSSR count). The van der Waals surface area contributed by atoms with Crippen molar-refractivity contribution in [2.75, 3.05) is 0 Å². The predicted octanol–water partition coefficient (Wildman–Crippen LogP) is -0.454. The van der Waals surface area contributed by atoms with Crippen LogP contribution in [0.3, 0.4) is 0 Å². The third-order valence-electron chi connectivity index (χ3n) is 2.52. The number of aliphatic carboxylic acids is 1. The highest BCUT2D eigenvalue weighted by atomic mass is 16.4. The number of rotatable bonds is 5. The number of aromatic nitrogens is 2. The van der Waals surface area contributed by atoms with Crippen LogP contribution in [0, 0.1) is 0 Å². The smallest absolute Gasteiger partial charge is 0.328 e. The number of carboxylic acids is 1. The number of carboxylic acid groups (broad SMARTS) is 1. The van der Waals surface area contributed by atoms with Crippen LogP contribution in [0.5, 0.6) is 0 Å². The van der Waals surface area contributed by atoms with Crippen molar-refractivity contribution in [1.29, 1.82) is 0 Å². The van der Waals surface area contributed by atoms with Crippen molar-refractivity contribution >= 4 is 11.9 Å². The first-order chi connectivity index (χ1) is 8.36. The van der Waals surface area contributed by atoms with E-state index in [9.17, 15) is 14.7 Å². The fourth-order valence-corrected chi connectivity index (χ4v) is 1.59. The van der Waals surface area contributed by atoms with Gasteiger partial charge in [0.1, 0.15) is 0 Å². The van der Waals surface area contributed by atoms with Gasteiger partial charge in [0, 0.05) is 13.2 Å². The molecule has 0 aliphatic heterocycles. The summed E-state index contributed by atoms with van der Waals surface area (Å²) in [6, 6.07) is -1.33. The molecule has 0 aliphatic rings. The number of aliphatic hydroxyl groups excluding tert-OH is 1. The Morgan fingerprint density at radius 3 is 2.61 bits per heavy atom. The van der Waals surface area contributed by atoms with E-state index in [1.807, 2.05) is 6.92 Å². The maximum Gasteiger partial charge on any atom is 0.328 e. The number of aliphatic hydroxyl groups is 1. The summed E-state index contributed by atoms with van der Waals surface area (Å²) in [4.78, 5) is 22.8. The molecule has 7 nitrogen and oxygen atoms in total. The number of amides is 1. The zero-order chi connectivity index (χ0) is 13.9. The van der Waals surface area contributed by atoms with Crippen molar-refractivity contribution in [2.45, 2.75) is 32.4 Å². The van der Waals surface area contributed by atoms with E-state index in [-0.39, 0.29) is 0 Å². The van der Waals surface area contributed by atoms with E-state index in [2.05, 4.69) is 10.4 Å². The van der Waals surface area contributed by atoms with Crippen LogP contribution in [-0.2, 0) is 18.3 Å². The van der Waals surface area contributed by atoms with Gasteiger partial charge in [0.05, 0.1) is 17.4 Å². The van der Waals surface area contributed by atoms with Crippen molar-refractivity contribution in [1.82, 2.24) is 15.1 Å². The minimum Gasteiger partial charge on any atom is -0.480 e. The van der Waals surface area contributed by atoms with Gasteiger partial charge in [-0.3, -0.25) is 9.48 Å². The third kappa shape index (κ3) is 3.07. The second-order valence-electron chi connectivity index (χ2n) is 4.05. The molecule has 0 saturated carbocycles. The molecule has 100 valence electrons. The standard InChI is InChI=1S/C11H17N3O4/c1-4-8-7(5-14(3)13-8)10(16)12-9(6(2)15)11(17)18/h5-6,9,15H,4H2,1-3H3,(H,12,16)(H,17,18)/t6-,9+/m1/s1. The van der Waals surface area contributed by atoms with Crippen molar-refractivity contribution in [2.24, 2.45) is 7.05 Å². The first-order valence-electron chi connectivity index (χ1n) is 5.61. The largest absolute Gasteiger partial charge is 0.480 e. The van der Waals surface area contributed by atoms with Gasteiger partial charge in [0.15, 0.2) is 6.04 Å². The number of carbonyl (C=O) groups is 2.